The highest BCUT2D eigenvalue weighted by Crippen LogP contribution is 2.25. The standard InChI is InChI=1S/C21H19N3O4/c1-3-23(13-15-12-22-18-9-4-5-10-24(15)18)20(25)16-11-14-7-6-8-17(27-2)19(14)28-21(16)26/h4-12H,3,13H2,1-2H3. The Morgan fingerprint density at radius 1 is 1.25 bits per heavy atom. The largest absolute Gasteiger partial charge is 0.493 e. The van der Waals surface area contributed by atoms with Crippen molar-refractivity contribution in [1.82, 2.24) is 14.3 Å². The number of hydrogen-bond acceptors (Lipinski definition) is 5. The molecule has 0 N–H and O–H groups in total. The molecule has 0 aliphatic rings. The fourth-order valence-corrected chi connectivity index (χ4v) is 3.22. The molecular formula is C21H19N3O4. The normalized spacial score (nSPS) is 11.1. The summed E-state index contributed by atoms with van der Waals surface area (Å²) in [5.74, 6) is 0.0681. The minimum atomic E-state index is -0.682. The van der Waals surface area contributed by atoms with Crippen LogP contribution < -0.4 is 10.4 Å². The van der Waals surface area contributed by atoms with E-state index >= 15 is 0 Å². The van der Waals surface area contributed by atoms with E-state index in [4.69, 9.17) is 9.15 Å². The van der Waals surface area contributed by atoms with Crippen molar-refractivity contribution >= 4 is 22.5 Å². The number of hydrogen-bond donors (Lipinski definition) is 0. The molecule has 4 aromatic rings. The zero-order valence-corrected chi connectivity index (χ0v) is 15.6. The zero-order valence-electron chi connectivity index (χ0n) is 15.6. The van der Waals surface area contributed by atoms with Crippen LogP contribution in [0.3, 0.4) is 0 Å². The van der Waals surface area contributed by atoms with Gasteiger partial charge in [-0.15, -0.1) is 0 Å². The maximum absolute atomic E-state index is 13.1. The highest BCUT2D eigenvalue weighted by molar-refractivity contribution is 5.97. The molecule has 0 spiro atoms. The third kappa shape index (κ3) is 3.00. The van der Waals surface area contributed by atoms with Crippen LogP contribution in [-0.2, 0) is 6.54 Å². The summed E-state index contributed by atoms with van der Waals surface area (Å²) < 4.78 is 12.5. The van der Waals surface area contributed by atoms with Gasteiger partial charge in [0.05, 0.1) is 25.5 Å². The van der Waals surface area contributed by atoms with E-state index in [1.165, 1.54) is 7.11 Å². The molecule has 28 heavy (non-hydrogen) atoms. The Labute approximate surface area is 160 Å². The molecule has 4 rings (SSSR count). The van der Waals surface area contributed by atoms with Crippen LogP contribution in [0.25, 0.3) is 16.6 Å². The van der Waals surface area contributed by atoms with Crippen molar-refractivity contribution in [2.24, 2.45) is 0 Å². The first-order valence-corrected chi connectivity index (χ1v) is 8.93. The second kappa shape index (κ2) is 7.19. The molecular weight excluding hydrogens is 358 g/mol. The molecule has 0 saturated carbocycles. The minimum Gasteiger partial charge on any atom is -0.493 e. The number of fused-ring (bicyclic) bond motifs is 2. The van der Waals surface area contributed by atoms with Crippen molar-refractivity contribution in [2.45, 2.75) is 13.5 Å². The summed E-state index contributed by atoms with van der Waals surface area (Å²) in [5, 5.41) is 0.633. The molecule has 7 heteroatoms. The minimum absolute atomic E-state index is 0.00331. The molecule has 0 atom stereocenters. The number of aromatic nitrogens is 2. The number of methoxy groups -OCH3 is 1. The first-order valence-electron chi connectivity index (χ1n) is 8.93. The second-order valence-electron chi connectivity index (χ2n) is 6.32. The van der Waals surface area contributed by atoms with Crippen LogP contribution in [0.2, 0.25) is 0 Å². The lowest BCUT2D eigenvalue weighted by molar-refractivity contribution is 0.0746. The van der Waals surface area contributed by atoms with E-state index in [0.717, 1.165) is 11.3 Å². The molecule has 3 aromatic heterocycles. The molecule has 7 nitrogen and oxygen atoms in total. The Hall–Kier alpha value is -3.61. The average molecular weight is 377 g/mol. The van der Waals surface area contributed by atoms with Gasteiger partial charge in [-0.25, -0.2) is 9.78 Å². The number of pyridine rings is 1. The highest BCUT2D eigenvalue weighted by atomic mass is 16.5. The van der Waals surface area contributed by atoms with Gasteiger partial charge < -0.3 is 18.5 Å². The SMILES string of the molecule is CCN(Cc1cnc2ccccn12)C(=O)c1cc2cccc(OC)c2oc1=O. The Morgan fingerprint density at radius 3 is 2.89 bits per heavy atom. The van der Waals surface area contributed by atoms with Crippen LogP contribution in [0.4, 0.5) is 0 Å². The van der Waals surface area contributed by atoms with Gasteiger partial charge >= 0.3 is 5.63 Å². The number of carbonyl (C=O) groups is 1. The van der Waals surface area contributed by atoms with Crippen LogP contribution in [0, 0.1) is 0 Å². The Balaban J connectivity index is 1.70. The van der Waals surface area contributed by atoms with E-state index in [9.17, 15) is 9.59 Å². The van der Waals surface area contributed by atoms with Crippen molar-refractivity contribution in [2.75, 3.05) is 13.7 Å². The van der Waals surface area contributed by atoms with Gasteiger partial charge in [-0.2, -0.15) is 0 Å². The molecule has 1 amide bonds. The molecule has 1 aromatic carbocycles. The van der Waals surface area contributed by atoms with Crippen LogP contribution in [-0.4, -0.2) is 33.8 Å². The van der Waals surface area contributed by atoms with Crippen LogP contribution in [0.15, 0.2) is 64.1 Å². The van der Waals surface area contributed by atoms with Gasteiger partial charge in [-0.3, -0.25) is 4.79 Å². The third-order valence-corrected chi connectivity index (χ3v) is 4.69. The number of carbonyl (C=O) groups excluding carboxylic acids is 1. The summed E-state index contributed by atoms with van der Waals surface area (Å²) in [6.45, 7) is 2.64. The fourth-order valence-electron chi connectivity index (χ4n) is 3.22. The van der Waals surface area contributed by atoms with Gasteiger partial charge in [-0.1, -0.05) is 18.2 Å². The van der Waals surface area contributed by atoms with Gasteiger partial charge in [0.25, 0.3) is 5.91 Å². The summed E-state index contributed by atoms with van der Waals surface area (Å²) in [6, 6.07) is 12.5. The van der Waals surface area contributed by atoms with E-state index in [0.29, 0.717) is 29.8 Å². The molecule has 0 saturated heterocycles. The summed E-state index contributed by atoms with van der Waals surface area (Å²) in [6.07, 6.45) is 3.63. The Bertz CT molecular complexity index is 1230. The van der Waals surface area contributed by atoms with Crippen molar-refractivity contribution in [3.63, 3.8) is 0 Å². The number of para-hydroxylation sites is 1. The van der Waals surface area contributed by atoms with Gasteiger partial charge in [0.15, 0.2) is 11.3 Å². The monoisotopic (exact) mass is 377 g/mol. The maximum atomic E-state index is 13.1. The van der Waals surface area contributed by atoms with E-state index in [1.807, 2.05) is 35.7 Å². The molecule has 0 bridgehead atoms. The van der Waals surface area contributed by atoms with Gasteiger partial charge in [0, 0.05) is 18.1 Å². The molecule has 3 heterocycles. The Morgan fingerprint density at radius 2 is 2.11 bits per heavy atom. The lowest BCUT2D eigenvalue weighted by Gasteiger charge is -2.20. The van der Waals surface area contributed by atoms with Gasteiger partial charge in [0.1, 0.15) is 11.2 Å². The molecule has 0 fully saturated rings. The summed E-state index contributed by atoms with van der Waals surface area (Å²) in [7, 11) is 1.50. The van der Waals surface area contributed by atoms with Crippen LogP contribution in [0.5, 0.6) is 5.75 Å². The highest BCUT2D eigenvalue weighted by Gasteiger charge is 2.21. The summed E-state index contributed by atoms with van der Waals surface area (Å²) in [5.41, 5.74) is 1.31. The number of imidazole rings is 1. The molecule has 0 unspecified atom stereocenters. The second-order valence-corrected chi connectivity index (χ2v) is 6.32. The quantitative estimate of drug-likeness (QED) is 0.500. The van der Waals surface area contributed by atoms with Gasteiger partial charge in [0.2, 0.25) is 0 Å². The predicted molar refractivity (Wildman–Crippen MR) is 105 cm³/mol. The average Bonchev–Trinajstić information content (AvgIpc) is 3.13. The third-order valence-electron chi connectivity index (χ3n) is 4.69. The number of benzene rings is 1. The fraction of sp³-hybridized carbons (Fsp3) is 0.190. The lowest BCUT2D eigenvalue weighted by Crippen LogP contribution is -2.33. The molecule has 0 radical (unpaired) electrons. The lowest BCUT2D eigenvalue weighted by atomic mass is 10.1. The Kier molecular flexibility index (Phi) is 4.57. The summed E-state index contributed by atoms with van der Waals surface area (Å²) >= 11 is 0. The van der Waals surface area contributed by atoms with Crippen molar-refractivity contribution in [3.8, 4) is 5.75 Å². The van der Waals surface area contributed by atoms with Crippen LogP contribution >= 0.6 is 0 Å². The predicted octanol–water partition coefficient (Wildman–Crippen LogP) is 3.11. The van der Waals surface area contributed by atoms with E-state index < -0.39 is 5.63 Å². The first kappa shape index (κ1) is 17.8. The number of amides is 1. The molecule has 0 aliphatic heterocycles. The zero-order chi connectivity index (χ0) is 19.7. The van der Waals surface area contributed by atoms with Gasteiger partial charge in [-0.05, 0) is 31.2 Å². The molecule has 142 valence electrons. The molecule has 0 aliphatic carbocycles. The van der Waals surface area contributed by atoms with Crippen molar-refractivity contribution < 1.29 is 13.9 Å². The number of ether oxygens (including phenoxy) is 1. The number of nitrogens with zero attached hydrogens (tertiary/aromatic N) is 3. The van der Waals surface area contributed by atoms with E-state index in [2.05, 4.69) is 4.98 Å². The summed E-state index contributed by atoms with van der Waals surface area (Å²) in [4.78, 5) is 31.5. The van der Waals surface area contributed by atoms with E-state index in [1.54, 1.807) is 35.4 Å². The number of rotatable bonds is 5. The van der Waals surface area contributed by atoms with Crippen LogP contribution in [0.1, 0.15) is 23.0 Å². The maximum Gasteiger partial charge on any atom is 0.349 e. The van der Waals surface area contributed by atoms with Crippen molar-refractivity contribution in [1.29, 1.82) is 0 Å². The topological polar surface area (TPSA) is 77.1 Å². The smallest absolute Gasteiger partial charge is 0.349 e. The van der Waals surface area contributed by atoms with E-state index in [-0.39, 0.29) is 11.5 Å². The first-order chi connectivity index (χ1) is 13.6. The van der Waals surface area contributed by atoms with Crippen molar-refractivity contribution in [3.05, 3.63) is 76.5 Å².